The fourth-order valence-electron chi connectivity index (χ4n) is 3.40. The molecule has 1 aliphatic heterocycles. The summed E-state index contributed by atoms with van der Waals surface area (Å²) in [5.74, 6) is 0. The average molecular weight is 356 g/mol. The second-order valence-corrected chi connectivity index (χ2v) is 8.12. The normalized spacial score (nSPS) is 17.9. The van der Waals surface area contributed by atoms with Gasteiger partial charge < -0.3 is 9.31 Å². The lowest BCUT2D eigenvalue weighted by molar-refractivity contribution is 0.00578. The largest absolute Gasteiger partial charge is 0.494 e. The smallest absolute Gasteiger partial charge is 0.399 e. The van der Waals surface area contributed by atoms with Crippen LogP contribution in [0.2, 0.25) is 0 Å². The summed E-state index contributed by atoms with van der Waals surface area (Å²) < 4.78 is 12.3. The minimum atomic E-state index is -0.326. The summed E-state index contributed by atoms with van der Waals surface area (Å²) in [7, 11) is -0.326. The molecule has 0 bridgehead atoms. The van der Waals surface area contributed by atoms with Gasteiger partial charge in [0.25, 0.3) is 0 Å². The van der Waals surface area contributed by atoms with E-state index in [1.165, 1.54) is 22.3 Å². The van der Waals surface area contributed by atoms with Crippen LogP contribution in [0.5, 0.6) is 0 Å². The van der Waals surface area contributed by atoms with E-state index in [9.17, 15) is 0 Å². The molecule has 0 unspecified atom stereocenters. The van der Waals surface area contributed by atoms with Crippen molar-refractivity contribution in [3.05, 3.63) is 78.9 Å². The fraction of sp³-hybridized carbons (Fsp3) is 0.250. The van der Waals surface area contributed by atoms with Gasteiger partial charge in [0.05, 0.1) is 11.2 Å². The van der Waals surface area contributed by atoms with Crippen molar-refractivity contribution in [2.75, 3.05) is 0 Å². The van der Waals surface area contributed by atoms with Gasteiger partial charge in [0.15, 0.2) is 0 Å². The first-order valence-electron chi connectivity index (χ1n) is 9.48. The quantitative estimate of drug-likeness (QED) is 0.592. The second-order valence-electron chi connectivity index (χ2n) is 8.12. The molecule has 0 atom stereocenters. The molecule has 0 spiro atoms. The summed E-state index contributed by atoms with van der Waals surface area (Å²) in [6, 6.07) is 27.6. The minimum Gasteiger partial charge on any atom is -0.399 e. The van der Waals surface area contributed by atoms with E-state index in [1.807, 2.05) is 6.07 Å². The van der Waals surface area contributed by atoms with Crippen LogP contribution in [-0.2, 0) is 9.31 Å². The van der Waals surface area contributed by atoms with Crippen LogP contribution in [0.15, 0.2) is 78.9 Å². The van der Waals surface area contributed by atoms with E-state index in [1.54, 1.807) is 0 Å². The molecule has 1 aliphatic rings. The Kier molecular flexibility index (Phi) is 4.45. The number of hydrogen-bond acceptors (Lipinski definition) is 2. The standard InChI is InChI=1S/C24H25BO2/c1-23(2)24(3,4)27-25(26-23)20-16-14-19(15-17-20)22-13-9-8-12-21(22)18-10-6-5-7-11-18/h5-17H,1-4H3. The van der Waals surface area contributed by atoms with Crippen molar-refractivity contribution in [1.82, 2.24) is 0 Å². The topological polar surface area (TPSA) is 18.5 Å². The fourth-order valence-corrected chi connectivity index (χ4v) is 3.40. The Morgan fingerprint density at radius 3 is 1.52 bits per heavy atom. The van der Waals surface area contributed by atoms with Gasteiger partial charge in [-0.05, 0) is 55.4 Å². The lowest BCUT2D eigenvalue weighted by Gasteiger charge is -2.32. The van der Waals surface area contributed by atoms with E-state index in [0.717, 1.165) is 5.46 Å². The summed E-state index contributed by atoms with van der Waals surface area (Å²) in [6.45, 7) is 8.32. The van der Waals surface area contributed by atoms with Gasteiger partial charge in [0.1, 0.15) is 0 Å². The summed E-state index contributed by atoms with van der Waals surface area (Å²) in [5.41, 5.74) is 5.28. The van der Waals surface area contributed by atoms with Crippen LogP contribution < -0.4 is 5.46 Å². The third kappa shape index (κ3) is 3.33. The van der Waals surface area contributed by atoms with Gasteiger partial charge >= 0.3 is 7.12 Å². The Labute approximate surface area is 162 Å². The van der Waals surface area contributed by atoms with Gasteiger partial charge in [-0.3, -0.25) is 0 Å². The van der Waals surface area contributed by atoms with E-state index >= 15 is 0 Å². The number of rotatable bonds is 3. The molecule has 3 aromatic rings. The molecule has 0 saturated carbocycles. The second kappa shape index (κ2) is 6.67. The summed E-state index contributed by atoms with van der Waals surface area (Å²) >= 11 is 0. The summed E-state index contributed by atoms with van der Waals surface area (Å²) in [5, 5.41) is 0. The molecule has 0 aromatic heterocycles. The van der Waals surface area contributed by atoms with Crippen molar-refractivity contribution < 1.29 is 9.31 Å². The van der Waals surface area contributed by atoms with E-state index in [4.69, 9.17) is 9.31 Å². The van der Waals surface area contributed by atoms with E-state index < -0.39 is 0 Å². The van der Waals surface area contributed by atoms with E-state index in [0.29, 0.717) is 0 Å². The Morgan fingerprint density at radius 2 is 1.00 bits per heavy atom. The molecule has 1 heterocycles. The van der Waals surface area contributed by atoms with Crippen molar-refractivity contribution in [2.45, 2.75) is 38.9 Å². The maximum absolute atomic E-state index is 6.17. The number of benzene rings is 3. The van der Waals surface area contributed by atoms with Gasteiger partial charge in [0.2, 0.25) is 0 Å². The Balaban J connectivity index is 1.65. The molecule has 2 nitrogen and oxygen atoms in total. The van der Waals surface area contributed by atoms with Crippen molar-refractivity contribution >= 4 is 12.6 Å². The van der Waals surface area contributed by atoms with Gasteiger partial charge in [-0.2, -0.15) is 0 Å². The third-order valence-corrected chi connectivity index (χ3v) is 5.76. The molecule has 0 aliphatic carbocycles. The molecule has 3 heteroatoms. The monoisotopic (exact) mass is 356 g/mol. The Morgan fingerprint density at radius 1 is 0.556 bits per heavy atom. The molecule has 0 N–H and O–H groups in total. The highest BCUT2D eigenvalue weighted by Crippen LogP contribution is 2.37. The summed E-state index contributed by atoms with van der Waals surface area (Å²) in [6.07, 6.45) is 0. The van der Waals surface area contributed by atoms with Crippen molar-refractivity contribution in [2.24, 2.45) is 0 Å². The van der Waals surface area contributed by atoms with Crippen LogP contribution in [0, 0.1) is 0 Å². The van der Waals surface area contributed by atoms with Gasteiger partial charge in [-0.25, -0.2) is 0 Å². The first-order chi connectivity index (χ1) is 12.9. The molecule has 136 valence electrons. The third-order valence-electron chi connectivity index (χ3n) is 5.76. The van der Waals surface area contributed by atoms with Crippen LogP contribution in [0.4, 0.5) is 0 Å². The van der Waals surface area contributed by atoms with E-state index in [-0.39, 0.29) is 18.3 Å². The zero-order chi connectivity index (χ0) is 19.1. The first-order valence-corrected chi connectivity index (χ1v) is 9.48. The molecule has 1 fully saturated rings. The molecule has 27 heavy (non-hydrogen) atoms. The summed E-state index contributed by atoms with van der Waals surface area (Å²) in [4.78, 5) is 0. The maximum Gasteiger partial charge on any atom is 0.494 e. The predicted octanol–water partition coefficient (Wildman–Crippen LogP) is 5.32. The highest BCUT2D eigenvalue weighted by Gasteiger charge is 2.51. The van der Waals surface area contributed by atoms with Crippen LogP contribution in [-0.4, -0.2) is 18.3 Å². The van der Waals surface area contributed by atoms with Gasteiger partial charge in [-0.15, -0.1) is 0 Å². The van der Waals surface area contributed by atoms with Crippen molar-refractivity contribution in [3.63, 3.8) is 0 Å². The average Bonchev–Trinajstić information content (AvgIpc) is 2.90. The van der Waals surface area contributed by atoms with Crippen LogP contribution >= 0.6 is 0 Å². The molecule has 0 amide bonds. The van der Waals surface area contributed by atoms with Crippen molar-refractivity contribution in [1.29, 1.82) is 0 Å². The molecule has 4 rings (SSSR count). The van der Waals surface area contributed by atoms with Gasteiger partial charge in [0, 0.05) is 0 Å². The lowest BCUT2D eigenvalue weighted by atomic mass is 9.78. The highest BCUT2D eigenvalue weighted by atomic mass is 16.7. The van der Waals surface area contributed by atoms with Crippen molar-refractivity contribution in [3.8, 4) is 22.3 Å². The molecule has 1 saturated heterocycles. The lowest BCUT2D eigenvalue weighted by Crippen LogP contribution is -2.41. The molecule has 3 aromatic carbocycles. The minimum absolute atomic E-state index is 0.323. The maximum atomic E-state index is 6.17. The SMILES string of the molecule is CC1(C)OB(c2ccc(-c3ccccc3-c3ccccc3)cc2)OC1(C)C. The van der Waals surface area contributed by atoms with E-state index in [2.05, 4.69) is 100 Å². The van der Waals surface area contributed by atoms with Crippen LogP contribution in [0.25, 0.3) is 22.3 Å². The zero-order valence-corrected chi connectivity index (χ0v) is 16.4. The Bertz CT molecular complexity index is 914. The van der Waals surface area contributed by atoms with Crippen LogP contribution in [0.1, 0.15) is 27.7 Å². The molecular formula is C24H25BO2. The molecule has 0 radical (unpaired) electrons. The first kappa shape index (κ1) is 18.0. The predicted molar refractivity (Wildman–Crippen MR) is 113 cm³/mol. The Hall–Kier alpha value is -2.36. The van der Waals surface area contributed by atoms with Crippen LogP contribution in [0.3, 0.4) is 0 Å². The molecular weight excluding hydrogens is 331 g/mol. The zero-order valence-electron chi connectivity index (χ0n) is 16.4. The number of hydrogen-bond donors (Lipinski definition) is 0. The van der Waals surface area contributed by atoms with Gasteiger partial charge in [-0.1, -0.05) is 78.9 Å². The highest BCUT2D eigenvalue weighted by molar-refractivity contribution is 6.62.